The predicted octanol–water partition coefficient (Wildman–Crippen LogP) is 4.29. The maximum absolute atomic E-state index is 13.2. The van der Waals surface area contributed by atoms with Gasteiger partial charge >= 0.3 is 0 Å². The number of nitrogens with two attached hydrogens (primary N) is 1. The van der Waals surface area contributed by atoms with Crippen molar-refractivity contribution in [2.75, 3.05) is 6.61 Å². The molecule has 1 aromatic carbocycles. The molecule has 3 rings (SSSR count). The van der Waals surface area contributed by atoms with E-state index in [2.05, 4.69) is 31.8 Å². The fourth-order valence-corrected chi connectivity index (χ4v) is 4.04. The Kier molecular flexibility index (Phi) is 6.68. The van der Waals surface area contributed by atoms with Crippen LogP contribution in [0.1, 0.15) is 45.0 Å². The van der Waals surface area contributed by atoms with Crippen molar-refractivity contribution in [2.24, 2.45) is 11.7 Å². The summed E-state index contributed by atoms with van der Waals surface area (Å²) in [6.45, 7) is 7.64. The molecule has 0 atom stereocenters. The number of unbranched alkanes of at least 4 members (excludes halogenated alkanes) is 1. The summed E-state index contributed by atoms with van der Waals surface area (Å²) < 4.78 is 7.92. The van der Waals surface area contributed by atoms with E-state index >= 15 is 0 Å². The SMILES string of the molecule is CCCCOc1c(CN)n(CC(C)C)c(=O)c2ccc(-c3nc(C#N)cs3)cc12. The van der Waals surface area contributed by atoms with Crippen molar-refractivity contribution in [2.45, 2.75) is 46.7 Å². The lowest BCUT2D eigenvalue weighted by atomic mass is 10.1. The topological polar surface area (TPSA) is 93.9 Å². The Morgan fingerprint density at radius 1 is 1.34 bits per heavy atom. The Morgan fingerprint density at radius 2 is 2.14 bits per heavy atom. The van der Waals surface area contributed by atoms with Gasteiger partial charge in [0.25, 0.3) is 5.56 Å². The third-order valence-electron chi connectivity index (χ3n) is 4.68. The van der Waals surface area contributed by atoms with Crippen molar-refractivity contribution in [1.82, 2.24) is 9.55 Å². The van der Waals surface area contributed by atoms with Crippen molar-refractivity contribution >= 4 is 22.1 Å². The highest BCUT2D eigenvalue weighted by Gasteiger charge is 2.19. The molecule has 152 valence electrons. The zero-order chi connectivity index (χ0) is 21.0. The van der Waals surface area contributed by atoms with Crippen molar-refractivity contribution in [1.29, 1.82) is 5.26 Å². The molecule has 2 aromatic heterocycles. The van der Waals surface area contributed by atoms with Gasteiger partial charge in [-0.3, -0.25) is 4.79 Å². The first-order valence-corrected chi connectivity index (χ1v) is 10.8. The Labute approximate surface area is 174 Å². The minimum absolute atomic E-state index is 0.0552. The van der Waals surface area contributed by atoms with Crippen LogP contribution in [0.25, 0.3) is 21.3 Å². The van der Waals surface area contributed by atoms with Crippen LogP contribution < -0.4 is 16.0 Å². The van der Waals surface area contributed by atoms with Crippen LogP contribution in [0.2, 0.25) is 0 Å². The van der Waals surface area contributed by atoms with Crippen molar-refractivity contribution in [3.63, 3.8) is 0 Å². The van der Waals surface area contributed by atoms with Gasteiger partial charge in [-0.2, -0.15) is 5.26 Å². The number of rotatable bonds is 8. The number of hydrogen-bond donors (Lipinski definition) is 1. The van der Waals surface area contributed by atoms with E-state index in [0.717, 1.165) is 34.5 Å². The van der Waals surface area contributed by atoms with E-state index < -0.39 is 0 Å². The summed E-state index contributed by atoms with van der Waals surface area (Å²) in [5, 5.41) is 12.9. The lowest BCUT2D eigenvalue weighted by molar-refractivity contribution is 0.304. The Bertz CT molecular complexity index is 1110. The second-order valence-corrected chi connectivity index (χ2v) is 8.26. The lowest BCUT2D eigenvalue weighted by Crippen LogP contribution is -2.28. The molecule has 0 aliphatic heterocycles. The number of benzene rings is 1. The molecule has 7 heteroatoms. The van der Waals surface area contributed by atoms with Gasteiger partial charge in [0.05, 0.1) is 17.7 Å². The number of thiazole rings is 1. The van der Waals surface area contributed by atoms with E-state index in [-0.39, 0.29) is 12.1 Å². The van der Waals surface area contributed by atoms with Gasteiger partial charge in [0.15, 0.2) is 5.69 Å². The minimum atomic E-state index is -0.0552. The van der Waals surface area contributed by atoms with Crippen LogP contribution in [-0.2, 0) is 13.1 Å². The van der Waals surface area contributed by atoms with Crippen LogP contribution in [0.15, 0.2) is 28.4 Å². The molecule has 2 N–H and O–H groups in total. The second-order valence-electron chi connectivity index (χ2n) is 7.40. The molecular weight excluding hydrogens is 384 g/mol. The molecule has 0 bridgehead atoms. The molecule has 0 amide bonds. The predicted molar refractivity (Wildman–Crippen MR) is 117 cm³/mol. The van der Waals surface area contributed by atoms with Gasteiger partial charge in [-0.15, -0.1) is 11.3 Å². The highest BCUT2D eigenvalue weighted by atomic mass is 32.1. The van der Waals surface area contributed by atoms with Crippen LogP contribution in [-0.4, -0.2) is 16.2 Å². The van der Waals surface area contributed by atoms with Crippen LogP contribution in [0.5, 0.6) is 5.75 Å². The highest BCUT2D eigenvalue weighted by molar-refractivity contribution is 7.13. The quantitative estimate of drug-likeness (QED) is 0.559. The van der Waals surface area contributed by atoms with Gasteiger partial charge in [0.2, 0.25) is 0 Å². The van der Waals surface area contributed by atoms with Crippen LogP contribution >= 0.6 is 11.3 Å². The van der Waals surface area contributed by atoms with E-state index in [9.17, 15) is 4.79 Å². The molecule has 0 fully saturated rings. The number of ether oxygens (including phenoxy) is 1. The number of nitrogens with zero attached hydrogens (tertiary/aromatic N) is 3. The summed E-state index contributed by atoms with van der Waals surface area (Å²) in [6.07, 6.45) is 1.94. The van der Waals surface area contributed by atoms with Gasteiger partial charge in [-0.1, -0.05) is 33.3 Å². The summed E-state index contributed by atoms with van der Waals surface area (Å²) >= 11 is 1.41. The maximum atomic E-state index is 13.2. The van der Waals surface area contributed by atoms with Gasteiger partial charge in [0, 0.05) is 29.4 Å². The maximum Gasteiger partial charge on any atom is 0.258 e. The molecule has 0 unspecified atom stereocenters. The van der Waals surface area contributed by atoms with Crippen LogP contribution in [0.3, 0.4) is 0 Å². The minimum Gasteiger partial charge on any atom is -0.491 e. The molecular formula is C22H26N4O2S. The molecule has 0 aliphatic carbocycles. The number of hydrogen-bond acceptors (Lipinski definition) is 6. The zero-order valence-electron chi connectivity index (χ0n) is 17.1. The first-order chi connectivity index (χ1) is 14.0. The standard InChI is InChI=1S/C22H26N4O2S/c1-4-5-8-28-20-18-9-15(21-25-16(10-23)13-29-21)6-7-17(18)22(27)26(12-14(2)3)19(20)11-24/h6-7,9,13-14H,4-5,8,11-12,24H2,1-3H3. The number of aromatic nitrogens is 2. The Morgan fingerprint density at radius 3 is 2.76 bits per heavy atom. The molecule has 6 nitrogen and oxygen atoms in total. The summed E-state index contributed by atoms with van der Waals surface area (Å²) in [5.74, 6) is 0.980. The molecule has 3 aromatic rings. The van der Waals surface area contributed by atoms with Gasteiger partial charge in [-0.05, 0) is 24.5 Å². The van der Waals surface area contributed by atoms with E-state index in [4.69, 9.17) is 15.7 Å². The molecule has 29 heavy (non-hydrogen) atoms. The average Bonchev–Trinajstić information content (AvgIpc) is 3.20. The lowest BCUT2D eigenvalue weighted by Gasteiger charge is -2.20. The average molecular weight is 411 g/mol. The molecule has 0 saturated carbocycles. The van der Waals surface area contributed by atoms with Gasteiger partial charge in [-0.25, -0.2) is 4.98 Å². The number of pyridine rings is 1. The van der Waals surface area contributed by atoms with Crippen LogP contribution in [0.4, 0.5) is 0 Å². The Balaban J connectivity index is 2.25. The summed E-state index contributed by atoms with van der Waals surface area (Å²) in [4.78, 5) is 17.6. The van der Waals surface area contributed by atoms with Crippen molar-refractivity contribution < 1.29 is 4.74 Å². The summed E-state index contributed by atoms with van der Waals surface area (Å²) in [7, 11) is 0. The largest absolute Gasteiger partial charge is 0.491 e. The molecule has 0 radical (unpaired) electrons. The molecule has 0 saturated heterocycles. The summed E-state index contributed by atoms with van der Waals surface area (Å²) in [5.41, 5.74) is 7.99. The summed E-state index contributed by atoms with van der Waals surface area (Å²) in [6, 6.07) is 7.69. The third kappa shape index (κ3) is 4.34. The van der Waals surface area contributed by atoms with E-state index in [1.807, 2.05) is 18.2 Å². The smallest absolute Gasteiger partial charge is 0.258 e. The Hall–Kier alpha value is -2.69. The molecule has 0 spiro atoms. The molecule has 0 aliphatic rings. The van der Waals surface area contributed by atoms with Crippen LogP contribution in [0, 0.1) is 17.2 Å². The van der Waals surface area contributed by atoms with E-state index in [1.165, 1.54) is 11.3 Å². The third-order valence-corrected chi connectivity index (χ3v) is 5.57. The van der Waals surface area contributed by atoms with E-state index in [0.29, 0.717) is 35.9 Å². The second kappa shape index (κ2) is 9.21. The van der Waals surface area contributed by atoms with Crippen molar-refractivity contribution in [3.05, 3.63) is 45.3 Å². The van der Waals surface area contributed by atoms with Gasteiger partial charge < -0.3 is 15.0 Å². The zero-order valence-corrected chi connectivity index (χ0v) is 17.9. The number of nitriles is 1. The monoisotopic (exact) mass is 410 g/mol. The van der Waals surface area contributed by atoms with Crippen molar-refractivity contribution in [3.8, 4) is 22.4 Å². The first kappa shape index (κ1) is 21.0. The van der Waals surface area contributed by atoms with E-state index in [1.54, 1.807) is 9.95 Å². The fraction of sp³-hybridized carbons (Fsp3) is 0.409. The highest BCUT2D eigenvalue weighted by Crippen LogP contribution is 2.33. The first-order valence-electron chi connectivity index (χ1n) is 9.88. The van der Waals surface area contributed by atoms with Gasteiger partial charge in [0.1, 0.15) is 16.8 Å². The normalized spacial score (nSPS) is 11.2. The number of fused-ring (bicyclic) bond motifs is 1. The fourth-order valence-electron chi connectivity index (χ4n) is 3.30. The molecule has 2 heterocycles.